The predicted octanol–water partition coefficient (Wildman–Crippen LogP) is 3.85. The molecule has 28 heavy (non-hydrogen) atoms. The number of imide groups is 1. The van der Waals surface area contributed by atoms with Gasteiger partial charge in [-0.25, -0.2) is 4.79 Å². The van der Waals surface area contributed by atoms with Crippen molar-refractivity contribution in [3.05, 3.63) is 60.3 Å². The molecule has 1 unspecified atom stereocenters. The number of amides is 2. The van der Waals surface area contributed by atoms with Crippen molar-refractivity contribution >= 4 is 22.9 Å². The van der Waals surface area contributed by atoms with Crippen LogP contribution in [0.1, 0.15) is 31.7 Å². The summed E-state index contributed by atoms with van der Waals surface area (Å²) in [6.07, 6.45) is 3.61. The summed E-state index contributed by atoms with van der Waals surface area (Å²) in [6.45, 7) is 1.51. The lowest BCUT2D eigenvalue weighted by atomic mass is 9.75. The zero-order chi connectivity index (χ0) is 19.7. The number of aromatic nitrogens is 1. The number of aromatic amines is 1. The molecule has 2 fully saturated rings. The van der Waals surface area contributed by atoms with E-state index in [9.17, 15) is 14.7 Å². The van der Waals surface area contributed by atoms with Gasteiger partial charge in [-0.1, -0.05) is 30.3 Å². The van der Waals surface area contributed by atoms with E-state index in [1.165, 1.54) is 23.4 Å². The molecule has 144 valence electrons. The van der Waals surface area contributed by atoms with Crippen molar-refractivity contribution in [1.29, 1.82) is 0 Å². The molecule has 1 saturated carbocycles. The fourth-order valence-electron chi connectivity index (χ4n) is 3.45. The lowest BCUT2D eigenvalue weighted by Crippen LogP contribution is -2.33. The topological polar surface area (TPSA) is 91.4 Å². The smallest absolute Gasteiger partial charge is 0.414 e. The Kier molecular flexibility index (Phi) is 4.65. The highest BCUT2D eigenvalue weighted by Gasteiger charge is 2.35. The maximum atomic E-state index is 10.4. The van der Waals surface area contributed by atoms with Crippen molar-refractivity contribution in [3.63, 3.8) is 0 Å². The van der Waals surface area contributed by atoms with E-state index in [-0.39, 0.29) is 5.91 Å². The largest absolute Gasteiger partial charge is 0.436 e. The Labute approximate surface area is 162 Å². The molecule has 2 aromatic carbocycles. The Morgan fingerprint density at radius 3 is 2.29 bits per heavy atom. The second kappa shape index (κ2) is 7.13. The van der Waals surface area contributed by atoms with E-state index in [2.05, 4.69) is 58.3 Å². The molecule has 0 spiro atoms. The summed E-state index contributed by atoms with van der Waals surface area (Å²) in [5.41, 5.74) is 4.05. The molecule has 1 aliphatic carbocycles. The summed E-state index contributed by atoms with van der Waals surface area (Å²) >= 11 is 0. The number of benzene rings is 2. The van der Waals surface area contributed by atoms with Gasteiger partial charge in [0.2, 0.25) is 0 Å². The van der Waals surface area contributed by atoms with Crippen LogP contribution < -0.4 is 5.32 Å². The van der Waals surface area contributed by atoms with Crippen molar-refractivity contribution in [2.45, 2.75) is 37.9 Å². The quantitative estimate of drug-likeness (QED) is 0.632. The molecule has 6 heteroatoms. The summed E-state index contributed by atoms with van der Waals surface area (Å²) in [6, 6.07) is 16.9. The van der Waals surface area contributed by atoms with Crippen LogP contribution in [0.3, 0.4) is 0 Å². The van der Waals surface area contributed by atoms with Gasteiger partial charge in [-0.05, 0) is 66.5 Å². The molecule has 2 aliphatic rings. The van der Waals surface area contributed by atoms with Gasteiger partial charge in [-0.15, -0.1) is 0 Å². The van der Waals surface area contributed by atoms with Crippen LogP contribution >= 0.6 is 0 Å². The highest BCUT2D eigenvalue weighted by molar-refractivity contribution is 5.99. The van der Waals surface area contributed by atoms with Crippen LogP contribution in [-0.4, -0.2) is 28.2 Å². The van der Waals surface area contributed by atoms with E-state index in [4.69, 9.17) is 0 Å². The summed E-state index contributed by atoms with van der Waals surface area (Å²) in [5, 5.41) is 13.5. The number of hydrogen-bond acceptors (Lipinski definition) is 4. The number of ether oxygens (including phenoxy) is 1. The third-order valence-electron chi connectivity index (χ3n) is 5.37. The SMILES string of the molecule is CC1OC(=O)NC1=O.OC1(c2ccc(-c3ccc4[nH]ccc4c3)cc2)CCC1. The Bertz CT molecular complexity index is 1020. The summed E-state index contributed by atoms with van der Waals surface area (Å²) in [7, 11) is 0. The third-order valence-corrected chi connectivity index (χ3v) is 5.37. The van der Waals surface area contributed by atoms with E-state index in [0.29, 0.717) is 0 Å². The lowest BCUT2D eigenvalue weighted by molar-refractivity contribution is -0.122. The average Bonchev–Trinajstić information content (AvgIpc) is 3.25. The van der Waals surface area contributed by atoms with Gasteiger partial charge in [0.15, 0.2) is 6.10 Å². The van der Waals surface area contributed by atoms with Crippen LogP contribution in [0.15, 0.2) is 54.7 Å². The van der Waals surface area contributed by atoms with Gasteiger partial charge in [0.25, 0.3) is 5.91 Å². The molecule has 0 radical (unpaired) electrons. The predicted molar refractivity (Wildman–Crippen MR) is 106 cm³/mol. The fourth-order valence-corrected chi connectivity index (χ4v) is 3.45. The monoisotopic (exact) mass is 378 g/mol. The summed E-state index contributed by atoms with van der Waals surface area (Å²) in [4.78, 5) is 23.6. The third kappa shape index (κ3) is 3.51. The molecule has 5 rings (SSSR count). The second-order valence-corrected chi connectivity index (χ2v) is 7.28. The minimum absolute atomic E-state index is 0.366. The number of H-pyrrole nitrogens is 1. The maximum Gasteiger partial charge on any atom is 0.414 e. The zero-order valence-corrected chi connectivity index (χ0v) is 15.6. The summed E-state index contributed by atoms with van der Waals surface area (Å²) < 4.78 is 4.37. The minimum atomic E-state index is -0.650. The number of carbonyl (C=O) groups excluding carboxylic acids is 2. The van der Waals surface area contributed by atoms with E-state index in [0.717, 1.165) is 30.3 Å². The number of fused-ring (bicyclic) bond motifs is 1. The first-order valence-electron chi connectivity index (χ1n) is 9.36. The van der Waals surface area contributed by atoms with Crippen molar-refractivity contribution < 1.29 is 19.4 Å². The molecular formula is C22H22N2O4. The van der Waals surface area contributed by atoms with E-state index in [1.54, 1.807) is 0 Å². The number of alkyl carbamates (subject to hydrolysis) is 1. The Hall–Kier alpha value is -3.12. The molecule has 6 nitrogen and oxygen atoms in total. The van der Waals surface area contributed by atoms with Crippen LogP contribution in [0.5, 0.6) is 0 Å². The van der Waals surface area contributed by atoms with E-state index >= 15 is 0 Å². The van der Waals surface area contributed by atoms with Crippen molar-refractivity contribution in [3.8, 4) is 11.1 Å². The van der Waals surface area contributed by atoms with E-state index < -0.39 is 17.8 Å². The number of cyclic esters (lactones) is 1. The van der Waals surface area contributed by atoms with Crippen LogP contribution in [0.4, 0.5) is 4.79 Å². The Morgan fingerprint density at radius 2 is 1.75 bits per heavy atom. The molecule has 1 atom stereocenters. The molecule has 2 heterocycles. The van der Waals surface area contributed by atoms with Crippen molar-refractivity contribution in [2.75, 3.05) is 0 Å². The van der Waals surface area contributed by atoms with Gasteiger partial charge in [-0.3, -0.25) is 10.1 Å². The van der Waals surface area contributed by atoms with Crippen molar-refractivity contribution in [2.24, 2.45) is 0 Å². The van der Waals surface area contributed by atoms with Gasteiger partial charge < -0.3 is 14.8 Å². The molecule has 1 saturated heterocycles. The van der Waals surface area contributed by atoms with E-state index in [1.807, 2.05) is 11.5 Å². The normalized spacial score (nSPS) is 20.0. The first-order chi connectivity index (χ1) is 13.4. The number of nitrogens with one attached hydrogen (secondary N) is 2. The van der Waals surface area contributed by atoms with Crippen molar-refractivity contribution in [1.82, 2.24) is 10.3 Å². The van der Waals surface area contributed by atoms with Gasteiger partial charge in [0.1, 0.15) is 0 Å². The zero-order valence-electron chi connectivity index (χ0n) is 15.6. The summed E-state index contributed by atoms with van der Waals surface area (Å²) in [5.74, 6) is -0.366. The minimum Gasteiger partial charge on any atom is -0.436 e. The number of rotatable bonds is 2. The lowest BCUT2D eigenvalue weighted by Gasteiger charge is -2.37. The number of aliphatic hydroxyl groups is 1. The molecule has 2 amide bonds. The first-order valence-corrected chi connectivity index (χ1v) is 9.36. The molecule has 0 bridgehead atoms. The second-order valence-electron chi connectivity index (χ2n) is 7.28. The highest BCUT2D eigenvalue weighted by Crippen LogP contribution is 2.41. The Morgan fingerprint density at radius 1 is 1.04 bits per heavy atom. The average molecular weight is 378 g/mol. The van der Waals surface area contributed by atoms with Crippen LogP contribution in [0.2, 0.25) is 0 Å². The first kappa shape index (κ1) is 18.3. The van der Waals surface area contributed by atoms with Gasteiger partial charge in [-0.2, -0.15) is 0 Å². The van der Waals surface area contributed by atoms with Gasteiger partial charge >= 0.3 is 6.09 Å². The maximum absolute atomic E-state index is 10.4. The molecular weight excluding hydrogens is 356 g/mol. The fraction of sp³-hybridized carbons (Fsp3) is 0.273. The highest BCUT2D eigenvalue weighted by atomic mass is 16.6. The molecule has 3 aromatic rings. The Balaban J connectivity index is 0.000000203. The van der Waals surface area contributed by atoms with Crippen LogP contribution in [0, 0.1) is 0 Å². The van der Waals surface area contributed by atoms with Crippen LogP contribution in [-0.2, 0) is 15.1 Å². The standard InChI is InChI=1S/C18H17NO.C4H5NO3/c20-18(9-1-10-18)16-5-2-13(3-6-16)14-4-7-17-15(12-14)8-11-19-17;1-2-3(6)5-4(7)8-2/h2-8,11-12,19-20H,1,9-10H2;2H,1H3,(H,5,6,7). The van der Waals surface area contributed by atoms with Gasteiger partial charge in [0.05, 0.1) is 5.60 Å². The number of carbonyl (C=O) groups is 2. The van der Waals surface area contributed by atoms with Crippen LogP contribution in [0.25, 0.3) is 22.0 Å². The molecule has 1 aliphatic heterocycles. The molecule has 3 N–H and O–H groups in total. The molecule has 1 aromatic heterocycles. The van der Waals surface area contributed by atoms with Gasteiger partial charge in [0, 0.05) is 11.7 Å². The number of hydrogen-bond donors (Lipinski definition) is 3.